The van der Waals surface area contributed by atoms with Crippen LogP contribution in [-0.2, 0) is 4.79 Å². The molecule has 1 aromatic carbocycles. The number of benzene rings is 1. The zero-order chi connectivity index (χ0) is 19.6. The Morgan fingerprint density at radius 2 is 2.11 bits per heavy atom. The third-order valence-corrected chi connectivity index (χ3v) is 3.55. The lowest BCUT2D eigenvalue weighted by Gasteiger charge is -2.23. The molecule has 0 radical (unpaired) electrons. The smallest absolute Gasteiger partial charge is 0.422 e. The van der Waals surface area contributed by atoms with Crippen LogP contribution in [0.5, 0.6) is 11.6 Å². The summed E-state index contributed by atoms with van der Waals surface area (Å²) < 4.78 is 46.2. The van der Waals surface area contributed by atoms with Gasteiger partial charge in [0.15, 0.2) is 12.7 Å². The lowest BCUT2D eigenvalue weighted by molar-refractivity contribution is -0.154. The first kappa shape index (κ1) is 18.5. The van der Waals surface area contributed by atoms with Crippen LogP contribution in [0.25, 0.3) is 0 Å². The Morgan fingerprint density at radius 3 is 2.78 bits per heavy atom. The zero-order valence-electron chi connectivity index (χ0n) is 14.0. The normalized spacial score (nSPS) is 16.0. The third kappa shape index (κ3) is 4.66. The second kappa shape index (κ2) is 7.14. The highest BCUT2D eigenvalue weighted by molar-refractivity contribution is 6.05. The summed E-state index contributed by atoms with van der Waals surface area (Å²) in [5.41, 5.74) is 0.945. The number of rotatable bonds is 4. The molecule has 0 saturated carbocycles. The van der Waals surface area contributed by atoms with Gasteiger partial charge < -0.3 is 20.1 Å². The number of nitrogens with zero attached hydrogens (tertiary/aromatic N) is 1. The summed E-state index contributed by atoms with van der Waals surface area (Å²) in [5, 5.41) is 5.26. The first-order chi connectivity index (χ1) is 12.7. The Hall–Kier alpha value is -3.30. The first-order valence-electron chi connectivity index (χ1n) is 7.80. The molecule has 142 valence electrons. The molecule has 0 aliphatic carbocycles. The zero-order valence-corrected chi connectivity index (χ0v) is 14.0. The predicted octanol–water partition coefficient (Wildman–Crippen LogP) is 2.99. The van der Waals surface area contributed by atoms with E-state index >= 15 is 0 Å². The van der Waals surface area contributed by atoms with Gasteiger partial charge in [-0.3, -0.25) is 9.59 Å². The summed E-state index contributed by atoms with van der Waals surface area (Å²) in [7, 11) is 0. The van der Waals surface area contributed by atoms with Gasteiger partial charge in [-0.25, -0.2) is 4.98 Å². The van der Waals surface area contributed by atoms with Gasteiger partial charge in [-0.2, -0.15) is 13.2 Å². The fraction of sp³-hybridized carbons (Fsp3) is 0.235. The van der Waals surface area contributed by atoms with Crippen LogP contribution in [0.2, 0.25) is 0 Å². The first-order valence-corrected chi connectivity index (χ1v) is 7.80. The second-order valence-corrected chi connectivity index (χ2v) is 5.70. The van der Waals surface area contributed by atoms with E-state index in [1.54, 1.807) is 19.1 Å². The summed E-state index contributed by atoms with van der Waals surface area (Å²) in [4.78, 5) is 27.6. The van der Waals surface area contributed by atoms with E-state index in [4.69, 9.17) is 4.74 Å². The van der Waals surface area contributed by atoms with E-state index in [-0.39, 0.29) is 17.4 Å². The van der Waals surface area contributed by atoms with Crippen molar-refractivity contribution in [3.05, 3.63) is 42.1 Å². The Balaban J connectivity index is 1.65. The summed E-state index contributed by atoms with van der Waals surface area (Å²) in [6, 6.07) is 7.19. The third-order valence-electron chi connectivity index (χ3n) is 3.55. The predicted molar refractivity (Wildman–Crippen MR) is 88.9 cm³/mol. The number of alkyl halides is 3. The minimum Gasteiger partial charge on any atom is -0.479 e. The van der Waals surface area contributed by atoms with Gasteiger partial charge >= 0.3 is 6.18 Å². The average Bonchev–Trinajstić information content (AvgIpc) is 2.61. The number of halogens is 3. The van der Waals surface area contributed by atoms with E-state index in [1.165, 1.54) is 18.2 Å². The lowest BCUT2D eigenvalue weighted by Crippen LogP contribution is -2.34. The molecule has 0 bridgehead atoms. The number of hydrogen-bond donors (Lipinski definition) is 2. The van der Waals surface area contributed by atoms with Crippen molar-refractivity contribution < 1.29 is 32.2 Å². The van der Waals surface area contributed by atoms with Crippen molar-refractivity contribution in [3.8, 4) is 11.6 Å². The standard InChI is InChI=1S/C17H14F3N3O4/c1-9-15(24)23-12-6-11(3-4-13(12)27-9)22-16(25)10-2-5-14(21-7-10)26-8-17(18,19)20/h2-7,9H,8H2,1H3,(H,22,25)(H,23,24). The van der Waals surface area contributed by atoms with Crippen molar-refractivity contribution in [1.82, 2.24) is 4.98 Å². The van der Waals surface area contributed by atoms with Crippen LogP contribution in [0.15, 0.2) is 36.5 Å². The van der Waals surface area contributed by atoms with E-state index < -0.39 is 24.8 Å². The van der Waals surface area contributed by atoms with Gasteiger partial charge in [-0.15, -0.1) is 0 Å². The van der Waals surface area contributed by atoms with Crippen molar-refractivity contribution in [3.63, 3.8) is 0 Å². The summed E-state index contributed by atoms with van der Waals surface area (Å²) in [5.74, 6) is -0.592. The van der Waals surface area contributed by atoms with Gasteiger partial charge in [0.2, 0.25) is 5.88 Å². The summed E-state index contributed by atoms with van der Waals surface area (Å²) >= 11 is 0. The quantitative estimate of drug-likeness (QED) is 0.850. The maximum Gasteiger partial charge on any atom is 0.422 e. The van der Waals surface area contributed by atoms with Gasteiger partial charge in [0.25, 0.3) is 11.8 Å². The summed E-state index contributed by atoms with van der Waals surface area (Å²) in [6.07, 6.45) is -3.98. The van der Waals surface area contributed by atoms with Gasteiger partial charge in [0.05, 0.1) is 11.3 Å². The minimum absolute atomic E-state index is 0.126. The molecule has 3 rings (SSSR count). The number of anilines is 2. The molecule has 10 heteroatoms. The topological polar surface area (TPSA) is 89.6 Å². The molecule has 2 N–H and O–H groups in total. The number of hydrogen-bond acceptors (Lipinski definition) is 5. The largest absolute Gasteiger partial charge is 0.479 e. The molecule has 2 heterocycles. The van der Waals surface area contributed by atoms with Gasteiger partial charge in [-0.1, -0.05) is 0 Å². The van der Waals surface area contributed by atoms with Gasteiger partial charge in [-0.05, 0) is 31.2 Å². The monoisotopic (exact) mass is 381 g/mol. The highest BCUT2D eigenvalue weighted by atomic mass is 19.4. The maximum absolute atomic E-state index is 12.2. The Kier molecular flexibility index (Phi) is 4.89. The van der Waals surface area contributed by atoms with E-state index in [0.717, 1.165) is 6.20 Å². The number of nitrogens with one attached hydrogen (secondary N) is 2. The SMILES string of the molecule is CC1Oc2ccc(NC(=O)c3ccc(OCC(F)(F)F)nc3)cc2NC1=O. The Morgan fingerprint density at radius 1 is 1.33 bits per heavy atom. The average molecular weight is 381 g/mol. The van der Waals surface area contributed by atoms with Crippen LogP contribution in [0.4, 0.5) is 24.5 Å². The minimum atomic E-state index is -4.47. The Labute approximate surface area is 151 Å². The number of carbonyl (C=O) groups excluding carboxylic acids is 2. The molecule has 0 saturated heterocycles. The van der Waals surface area contributed by atoms with Crippen molar-refractivity contribution in [2.75, 3.05) is 17.2 Å². The molecule has 1 aliphatic rings. The van der Waals surface area contributed by atoms with Crippen LogP contribution >= 0.6 is 0 Å². The van der Waals surface area contributed by atoms with E-state index in [9.17, 15) is 22.8 Å². The van der Waals surface area contributed by atoms with Crippen LogP contribution in [0.1, 0.15) is 17.3 Å². The Bertz CT molecular complexity index is 869. The van der Waals surface area contributed by atoms with Crippen molar-refractivity contribution in [1.29, 1.82) is 0 Å². The molecule has 7 nitrogen and oxygen atoms in total. The molecular weight excluding hydrogens is 367 g/mol. The van der Waals surface area contributed by atoms with Crippen LogP contribution in [-0.4, -0.2) is 35.7 Å². The molecule has 2 amide bonds. The maximum atomic E-state index is 12.2. The second-order valence-electron chi connectivity index (χ2n) is 5.70. The van der Waals surface area contributed by atoms with Crippen molar-refractivity contribution in [2.24, 2.45) is 0 Å². The molecule has 1 aromatic heterocycles. The highest BCUT2D eigenvalue weighted by Crippen LogP contribution is 2.32. The molecule has 27 heavy (non-hydrogen) atoms. The van der Waals surface area contributed by atoms with E-state index in [2.05, 4.69) is 20.4 Å². The molecule has 1 atom stereocenters. The number of ether oxygens (including phenoxy) is 2. The van der Waals surface area contributed by atoms with Crippen LogP contribution in [0, 0.1) is 0 Å². The van der Waals surface area contributed by atoms with Crippen LogP contribution < -0.4 is 20.1 Å². The van der Waals surface area contributed by atoms with Crippen molar-refractivity contribution in [2.45, 2.75) is 19.2 Å². The lowest BCUT2D eigenvalue weighted by atomic mass is 10.2. The summed E-state index contributed by atoms with van der Waals surface area (Å²) in [6.45, 7) is 0.149. The van der Waals surface area contributed by atoms with Gasteiger partial charge in [0, 0.05) is 18.0 Å². The van der Waals surface area contributed by atoms with E-state index in [0.29, 0.717) is 17.1 Å². The number of fused-ring (bicyclic) bond motifs is 1. The fourth-order valence-corrected chi connectivity index (χ4v) is 2.25. The number of pyridine rings is 1. The fourth-order valence-electron chi connectivity index (χ4n) is 2.25. The number of amides is 2. The molecule has 0 fully saturated rings. The molecule has 1 unspecified atom stereocenters. The van der Waals surface area contributed by atoms with Crippen molar-refractivity contribution >= 4 is 23.2 Å². The van der Waals surface area contributed by atoms with E-state index in [1.807, 2.05) is 0 Å². The molecule has 2 aromatic rings. The van der Waals surface area contributed by atoms with Gasteiger partial charge in [0.1, 0.15) is 5.75 Å². The number of carbonyl (C=O) groups is 2. The highest BCUT2D eigenvalue weighted by Gasteiger charge is 2.28. The molecule has 0 spiro atoms. The van der Waals surface area contributed by atoms with Crippen LogP contribution in [0.3, 0.4) is 0 Å². The molecular formula is C17H14F3N3O4. The number of aromatic nitrogens is 1. The molecule has 1 aliphatic heterocycles.